The monoisotopic (exact) mass is 194 g/mol. The van der Waals surface area contributed by atoms with Gasteiger partial charge < -0.3 is 9.84 Å². The molecule has 1 aromatic carbocycles. The highest BCUT2D eigenvalue weighted by molar-refractivity contribution is 5.40. The lowest BCUT2D eigenvalue weighted by Gasteiger charge is -2.15. The number of aliphatic hydroxyl groups excluding tert-OH is 1. The van der Waals surface area contributed by atoms with E-state index in [1.807, 2.05) is 19.9 Å². The normalized spacial score (nSPS) is 12.6. The molecule has 2 heteroatoms. The zero-order chi connectivity index (χ0) is 10.7. The molecule has 1 unspecified atom stereocenters. The van der Waals surface area contributed by atoms with Crippen LogP contribution in [0, 0.1) is 20.8 Å². The molecule has 1 N–H and O–H groups in total. The average Bonchev–Trinajstić information content (AvgIpc) is 2.14. The van der Waals surface area contributed by atoms with Crippen LogP contribution in [0.1, 0.15) is 23.6 Å². The molecule has 0 spiro atoms. The minimum absolute atomic E-state index is 0.0480. The summed E-state index contributed by atoms with van der Waals surface area (Å²) in [6.07, 6.45) is -0.143. The molecule has 0 saturated carbocycles. The predicted octanol–water partition coefficient (Wildman–Crippen LogP) is 2.37. The maximum Gasteiger partial charge on any atom is 0.123 e. The Morgan fingerprint density at radius 1 is 1.14 bits per heavy atom. The molecule has 0 aliphatic rings. The van der Waals surface area contributed by atoms with Gasteiger partial charge in [0.1, 0.15) is 11.9 Å². The maximum atomic E-state index is 8.89. The molecule has 1 rings (SSSR count). The van der Waals surface area contributed by atoms with Crippen LogP contribution < -0.4 is 4.74 Å². The van der Waals surface area contributed by atoms with E-state index in [-0.39, 0.29) is 12.7 Å². The van der Waals surface area contributed by atoms with Crippen molar-refractivity contribution in [3.63, 3.8) is 0 Å². The van der Waals surface area contributed by atoms with E-state index in [2.05, 4.69) is 19.9 Å². The van der Waals surface area contributed by atoms with Crippen LogP contribution in [0.2, 0.25) is 0 Å². The minimum atomic E-state index is -0.143. The fraction of sp³-hybridized carbons (Fsp3) is 0.500. The van der Waals surface area contributed by atoms with E-state index in [1.165, 1.54) is 11.1 Å². The van der Waals surface area contributed by atoms with Crippen molar-refractivity contribution in [2.75, 3.05) is 6.61 Å². The third-order valence-electron chi connectivity index (χ3n) is 2.38. The minimum Gasteiger partial charge on any atom is -0.488 e. The SMILES string of the molecule is Cc1cc(C)c(OC(C)CO)cc1C. The van der Waals surface area contributed by atoms with Gasteiger partial charge in [-0.3, -0.25) is 0 Å². The summed E-state index contributed by atoms with van der Waals surface area (Å²) in [6.45, 7) is 8.07. The molecule has 0 amide bonds. The standard InChI is InChI=1S/C12H18O2/c1-8-5-10(3)12(6-9(8)2)14-11(4)7-13/h5-6,11,13H,7H2,1-4H3. The molecule has 0 aliphatic carbocycles. The molecular weight excluding hydrogens is 176 g/mol. The Bertz CT molecular complexity index is 318. The highest BCUT2D eigenvalue weighted by Crippen LogP contribution is 2.23. The first-order chi connectivity index (χ1) is 6.54. The molecule has 1 atom stereocenters. The fourth-order valence-corrected chi connectivity index (χ4v) is 1.32. The lowest BCUT2D eigenvalue weighted by Crippen LogP contribution is -2.16. The maximum absolute atomic E-state index is 8.89. The quantitative estimate of drug-likeness (QED) is 0.800. The van der Waals surface area contributed by atoms with Crippen LogP contribution in [0.5, 0.6) is 5.75 Å². The molecule has 0 saturated heterocycles. The van der Waals surface area contributed by atoms with Crippen molar-refractivity contribution in [3.8, 4) is 5.75 Å². The molecule has 0 radical (unpaired) electrons. The van der Waals surface area contributed by atoms with E-state index in [9.17, 15) is 0 Å². The van der Waals surface area contributed by atoms with Gasteiger partial charge in [0.05, 0.1) is 6.61 Å². The topological polar surface area (TPSA) is 29.5 Å². The van der Waals surface area contributed by atoms with Crippen molar-refractivity contribution in [1.82, 2.24) is 0 Å². The van der Waals surface area contributed by atoms with Gasteiger partial charge in [-0.25, -0.2) is 0 Å². The first-order valence-corrected chi connectivity index (χ1v) is 4.90. The number of hydrogen-bond acceptors (Lipinski definition) is 2. The highest BCUT2D eigenvalue weighted by Gasteiger charge is 2.06. The second kappa shape index (κ2) is 4.47. The van der Waals surface area contributed by atoms with Crippen molar-refractivity contribution >= 4 is 0 Å². The van der Waals surface area contributed by atoms with Crippen LogP contribution in [0.3, 0.4) is 0 Å². The van der Waals surface area contributed by atoms with Gasteiger partial charge in [-0.05, 0) is 50.5 Å². The summed E-state index contributed by atoms with van der Waals surface area (Å²) in [5, 5.41) is 8.89. The van der Waals surface area contributed by atoms with Gasteiger partial charge in [-0.2, -0.15) is 0 Å². The van der Waals surface area contributed by atoms with E-state index in [0.717, 1.165) is 11.3 Å². The second-order valence-corrected chi connectivity index (χ2v) is 3.81. The number of ether oxygens (including phenoxy) is 1. The fourth-order valence-electron chi connectivity index (χ4n) is 1.32. The van der Waals surface area contributed by atoms with E-state index in [0.29, 0.717) is 0 Å². The first-order valence-electron chi connectivity index (χ1n) is 4.90. The molecule has 0 fully saturated rings. The third kappa shape index (κ3) is 2.48. The van der Waals surface area contributed by atoms with Crippen LogP contribution in [0.25, 0.3) is 0 Å². The molecule has 0 heterocycles. The zero-order valence-electron chi connectivity index (χ0n) is 9.29. The summed E-state index contributed by atoms with van der Waals surface area (Å²) in [7, 11) is 0. The Kier molecular flexibility index (Phi) is 3.53. The molecule has 1 aromatic rings. The van der Waals surface area contributed by atoms with Crippen LogP contribution in [0.4, 0.5) is 0 Å². The van der Waals surface area contributed by atoms with Gasteiger partial charge in [0.15, 0.2) is 0 Å². The molecule has 78 valence electrons. The molecule has 2 nitrogen and oxygen atoms in total. The Labute approximate surface area is 85.5 Å². The number of benzene rings is 1. The molecule has 0 aliphatic heterocycles. The van der Waals surface area contributed by atoms with Crippen molar-refractivity contribution in [1.29, 1.82) is 0 Å². The van der Waals surface area contributed by atoms with E-state index >= 15 is 0 Å². The summed E-state index contributed by atoms with van der Waals surface area (Å²) in [4.78, 5) is 0. The van der Waals surface area contributed by atoms with Crippen LogP contribution in [0.15, 0.2) is 12.1 Å². The van der Waals surface area contributed by atoms with Crippen molar-refractivity contribution in [2.24, 2.45) is 0 Å². The first kappa shape index (κ1) is 11.1. The van der Waals surface area contributed by atoms with E-state index in [1.54, 1.807) is 0 Å². The number of aliphatic hydroxyl groups is 1. The number of aryl methyl sites for hydroxylation is 3. The summed E-state index contributed by atoms with van der Waals surface area (Å²) in [6, 6.07) is 4.13. The zero-order valence-corrected chi connectivity index (χ0v) is 9.29. The third-order valence-corrected chi connectivity index (χ3v) is 2.38. The van der Waals surface area contributed by atoms with Crippen molar-refractivity contribution in [2.45, 2.75) is 33.8 Å². The lowest BCUT2D eigenvalue weighted by atomic mass is 10.1. The summed E-state index contributed by atoms with van der Waals surface area (Å²) < 4.78 is 5.58. The van der Waals surface area contributed by atoms with Crippen molar-refractivity contribution in [3.05, 3.63) is 28.8 Å². The second-order valence-electron chi connectivity index (χ2n) is 3.81. The van der Waals surface area contributed by atoms with Gasteiger partial charge in [-0.15, -0.1) is 0 Å². The molecule has 0 bridgehead atoms. The number of hydrogen-bond donors (Lipinski definition) is 1. The van der Waals surface area contributed by atoms with Gasteiger partial charge in [-0.1, -0.05) is 6.07 Å². The smallest absolute Gasteiger partial charge is 0.123 e. The summed E-state index contributed by atoms with van der Waals surface area (Å²) in [5.41, 5.74) is 3.61. The van der Waals surface area contributed by atoms with E-state index in [4.69, 9.17) is 9.84 Å². The predicted molar refractivity (Wildman–Crippen MR) is 57.8 cm³/mol. The summed E-state index contributed by atoms with van der Waals surface area (Å²) in [5.74, 6) is 0.870. The van der Waals surface area contributed by atoms with Crippen LogP contribution in [-0.2, 0) is 0 Å². The Morgan fingerprint density at radius 3 is 2.29 bits per heavy atom. The largest absolute Gasteiger partial charge is 0.488 e. The molecular formula is C12H18O2. The van der Waals surface area contributed by atoms with Gasteiger partial charge >= 0.3 is 0 Å². The number of rotatable bonds is 3. The Morgan fingerprint density at radius 2 is 1.71 bits per heavy atom. The van der Waals surface area contributed by atoms with Gasteiger partial charge in [0, 0.05) is 0 Å². The molecule has 0 aromatic heterocycles. The highest BCUT2D eigenvalue weighted by atomic mass is 16.5. The van der Waals surface area contributed by atoms with Crippen molar-refractivity contribution < 1.29 is 9.84 Å². The Hall–Kier alpha value is -1.02. The van der Waals surface area contributed by atoms with Crippen LogP contribution in [-0.4, -0.2) is 17.8 Å². The van der Waals surface area contributed by atoms with Gasteiger partial charge in [0.25, 0.3) is 0 Å². The average molecular weight is 194 g/mol. The lowest BCUT2D eigenvalue weighted by molar-refractivity contribution is 0.129. The van der Waals surface area contributed by atoms with E-state index < -0.39 is 0 Å². The molecule has 14 heavy (non-hydrogen) atoms. The summed E-state index contributed by atoms with van der Waals surface area (Å²) >= 11 is 0. The van der Waals surface area contributed by atoms with Gasteiger partial charge in [0.2, 0.25) is 0 Å². The van der Waals surface area contributed by atoms with Crippen LogP contribution >= 0.6 is 0 Å². The Balaban J connectivity index is 2.92.